The van der Waals surface area contributed by atoms with Gasteiger partial charge in [-0.2, -0.15) is 0 Å². The zero-order chi connectivity index (χ0) is 12.1. The molecule has 0 aromatic heterocycles. The molecule has 3 nitrogen and oxygen atoms in total. The number of nitrogens with zero attached hydrogens (tertiary/aromatic N) is 1. The minimum Gasteiger partial charge on any atom is -0.392 e. The van der Waals surface area contributed by atoms with E-state index in [9.17, 15) is 10.2 Å². The normalized spacial score (nSPS) is 14.6. The third-order valence-corrected chi connectivity index (χ3v) is 2.63. The highest BCUT2D eigenvalue weighted by atomic mass is 16.3. The molecule has 0 saturated heterocycles. The van der Waals surface area contributed by atoms with Gasteiger partial charge in [0.1, 0.15) is 0 Å². The van der Waals surface area contributed by atoms with Crippen LogP contribution in [-0.4, -0.2) is 29.9 Å². The van der Waals surface area contributed by atoms with Crippen LogP contribution in [0.3, 0.4) is 0 Å². The highest BCUT2D eigenvalue weighted by molar-refractivity contribution is 5.54. The Morgan fingerprint density at radius 2 is 1.88 bits per heavy atom. The van der Waals surface area contributed by atoms with Crippen molar-refractivity contribution in [1.29, 1.82) is 0 Å². The van der Waals surface area contributed by atoms with Crippen molar-refractivity contribution in [2.75, 3.05) is 18.5 Å². The van der Waals surface area contributed by atoms with Crippen LogP contribution in [0.5, 0.6) is 0 Å². The number of benzene rings is 1. The van der Waals surface area contributed by atoms with Gasteiger partial charge >= 0.3 is 0 Å². The molecule has 0 aliphatic carbocycles. The summed E-state index contributed by atoms with van der Waals surface area (Å²) in [7, 11) is 1.92. The molecule has 3 heteroatoms. The number of hydrogen-bond acceptors (Lipinski definition) is 3. The van der Waals surface area contributed by atoms with Crippen molar-refractivity contribution in [1.82, 2.24) is 0 Å². The number of likely N-dealkylation sites (N-methyl/N-ethyl adjacent to an activating group) is 1. The van der Waals surface area contributed by atoms with Gasteiger partial charge in [-0.05, 0) is 19.4 Å². The second-order valence-corrected chi connectivity index (χ2v) is 4.21. The lowest BCUT2D eigenvalue weighted by Gasteiger charge is -2.25. The molecule has 0 heterocycles. The van der Waals surface area contributed by atoms with E-state index in [1.165, 1.54) is 0 Å². The van der Waals surface area contributed by atoms with Crippen LogP contribution < -0.4 is 4.90 Å². The molecule has 2 N–H and O–H groups in total. The lowest BCUT2D eigenvalue weighted by molar-refractivity contribution is 0.173. The fourth-order valence-electron chi connectivity index (χ4n) is 1.83. The Morgan fingerprint density at radius 1 is 1.25 bits per heavy atom. The fourth-order valence-corrected chi connectivity index (χ4v) is 1.83. The highest BCUT2D eigenvalue weighted by Crippen LogP contribution is 2.27. The van der Waals surface area contributed by atoms with E-state index >= 15 is 0 Å². The van der Waals surface area contributed by atoms with E-state index in [2.05, 4.69) is 0 Å². The molecule has 0 aliphatic heterocycles. The van der Waals surface area contributed by atoms with E-state index in [4.69, 9.17) is 0 Å². The van der Waals surface area contributed by atoms with Crippen LogP contribution in [0.1, 0.15) is 31.9 Å². The number of para-hydroxylation sites is 1. The minimum atomic E-state index is -0.437. The average molecular weight is 223 g/mol. The van der Waals surface area contributed by atoms with Gasteiger partial charge in [0.05, 0.1) is 12.2 Å². The molecule has 0 aliphatic rings. The maximum Gasteiger partial charge on any atom is 0.0807 e. The first-order valence-corrected chi connectivity index (χ1v) is 5.72. The molecular weight excluding hydrogens is 202 g/mol. The third-order valence-electron chi connectivity index (χ3n) is 2.63. The Labute approximate surface area is 97.3 Å². The molecule has 1 aromatic carbocycles. The molecule has 0 spiro atoms. The summed E-state index contributed by atoms with van der Waals surface area (Å²) in [5, 5.41) is 19.3. The van der Waals surface area contributed by atoms with Crippen LogP contribution in [0.2, 0.25) is 0 Å². The molecule has 1 unspecified atom stereocenters. The van der Waals surface area contributed by atoms with Gasteiger partial charge in [-0.1, -0.05) is 25.1 Å². The molecule has 1 aromatic rings. The van der Waals surface area contributed by atoms with Crippen LogP contribution in [0.25, 0.3) is 0 Å². The number of hydrogen-bond donors (Lipinski definition) is 2. The van der Waals surface area contributed by atoms with Crippen molar-refractivity contribution in [3.05, 3.63) is 29.8 Å². The summed E-state index contributed by atoms with van der Waals surface area (Å²) in [6.45, 7) is 4.28. The highest BCUT2D eigenvalue weighted by Gasteiger charge is 2.13. The SMILES string of the molecule is CC[C@@H](O)c1ccccc1N(C)CC(C)O. The van der Waals surface area contributed by atoms with Gasteiger partial charge in [0.15, 0.2) is 0 Å². The van der Waals surface area contributed by atoms with E-state index in [0.717, 1.165) is 11.3 Å². The van der Waals surface area contributed by atoms with Gasteiger partial charge < -0.3 is 15.1 Å². The number of anilines is 1. The standard InChI is InChI=1S/C13H21NO2/c1-4-13(16)11-7-5-6-8-12(11)14(3)9-10(2)15/h5-8,10,13,15-16H,4,9H2,1-3H3/t10?,13-/m1/s1. The van der Waals surface area contributed by atoms with Crippen molar-refractivity contribution < 1.29 is 10.2 Å². The smallest absolute Gasteiger partial charge is 0.0807 e. The van der Waals surface area contributed by atoms with Gasteiger partial charge in [0, 0.05) is 24.8 Å². The minimum absolute atomic E-state index is 0.378. The van der Waals surface area contributed by atoms with Gasteiger partial charge in [0.2, 0.25) is 0 Å². The Bertz CT molecular complexity index is 325. The average Bonchev–Trinajstić information content (AvgIpc) is 2.27. The first-order chi connectivity index (χ1) is 7.56. The van der Waals surface area contributed by atoms with E-state index in [1.54, 1.807) is 6.92 Å². The molecule has 16 heavy (non-hydrogen) atoms. The van der Waals surface area contributed by atoms with Crippen LogP contribution in [0.4, 0.5) is 5.69 Å². The van der Waals surface area contributed by atoms with Gasteiger partial charge in [-0.3, -0.25) is 0 Å². The fraction of sp³-hybridized carbons (Fsp3) is 0.538. The second-order valence-electron chi connectivity index (χ2n) is 4.21. The maximum absolute atomic E-state index is 9.90. The molecule has 90 valence electrons. The Kier molecular flexibility index (Phi) is 4.77. The van der Waals surface area contributed by atoms with E-state index in [-0.39, 0.29) is 6.10 Å². The van der Waals surface area contributed by atoms with Crippen LogP contribution in [0.15, 0.2) is 24.3 Å². The summed E-state index contributed by atoms with van der Waals surface area (Å²) in [6, 6.07) is 7.77. The number of rotatable bonds is 5. The van der Waals surface area contributed by atoms with Crippen LogP contribution in [-0.2, 0) is 0 Å². The summed E-state index contributed by atoms with van der Waals surface area (Å²) >= 11 is 0. The summed E-state index contributed by atoms with van der Waals surface area (Å²) in [5.74, 6) is 0. The monoisotopic (exact) mass is 223 g/mol. The Balaban J connectivity index is 2.93. The number of aliphatic hydroxyl groups is 2. The lowest BCUT2D eigenvalue weighted by atomic mass is 10.0. The first-order valence-electron chi connectivity index (χ1n) is 5.72. The lowest BCUT2D eigenvalue weighted by Crippen LogP contribution is -2.28. The van der Waals surface area contributed by atoms with E-state index in [1.807, 2.05) is 43.1 Å². The van der Waals surface area contributed by atoms with Crippen molar-refractivity contribution in [2.24, 2.45) is 0 Å². The van der Waals surface area contributed by atoms with E-state index < -0.39 is 6.10 Å². The molecule has 0 bridgehead atoms. The Morgan fingerprint density at radius 3 is 2.44 bits per heavy atom. The molecule has 0 saturated carbocycles. The summed E-state index contributed by atoms with van der Waals surface area (Å²) in [6.07, 6.45) is -0.121. The number of aliphatic hydroxyl groups excluding tert-OH is 2. The summed E-state index contributed by atoms with van der Waals surface area (Å²) in [5.41, 5.74) is 1.91. The van der Waals surface area contributed by atoms with Gasteiger partial charge in [-0.25, -0.2) is 0 Å². The predicted molar refractivity (Wildman–Crippen MR) is 66.6 cm³/mol. The molecule has 0 fully saturated rings. The first kappa shape index (κ1) is 13.0. The quantitative estimate of drug-likeness (QED) is 0.802. The zero-order valence-corrected chi connectivity index (χ0v) is 10.2. The van der Waals surface area contributed by atoms with Crippen molar-refractivity contribution in [3.63, 3.8) is 0 Å². The second kappa shape index (κ2) is 5.87. The topological polar surface area (TPSA) is 43.7 Å². The largest absolute Gasteiger partial charge is 0.392 e. The maximum atomic E-state index is 9.90. The summed E-state index contributed by atoms with van der Waals surface area (Å²) < 4.78 is 0. The van der Waals surface area contributed by atoms with Crippen molar-refractivity contribution in [3.8, 4) is 0 Å². The Hall–Kier alpha value is -1.06. The van der Waals surface area contributed by atoms with Crippen LogP contribution in [0, 0.1) is 0 Å². The molecular formula is C13H21NO2. The van der Waals surface area contributed by atoms with Crippen molar-refractivity contribution >= 4 is 5.69 Å². The third kappa shape index (κ3) is 3.22. The molecule has 0 radical (unpaired) electrons. The molecule has 0 amide bonds. The zero-order valence-electron chi connectivity index (χ0n) is 10.2. The van der Waals surface area contributed by atoms with Crippen LogP contribution >= 0.6 is 0 Å². The van der Waals surface area contributed by atoms with Gasteiger partial charge in [0.25, 0.3) is 0 Å². The summed E-state index contributed by atoms with van der Waals surface area (Å²) in [4.78, 5) is 1.97. The van der Waals surface area contributed by atoms with E-state index in [0.29, 0.717) is 13.0 Å². The predicted octanol–water partition coefficient (Wildman–Crippen LogP) is 1.95. The molecule has 1 rings (SSSR count). The van der Waals surface area contributed by atoms with Gasteiger partial charge in [-0.15, -0.1) is 0 Å². The van der Waals surface area contributed by atoms with Crippen molar-refractivity contribution in [2.45, 2.75) is 32.5 Å². The molecule has 2 atom stereocenters.